The molecule has 0 radical (unpaired) electrons. The SMILES string of the molecule is CCCN(Cc1cccc(Cl)c1)C(=O)C1CC2(CCNCC2)CN1C.Cl.Cl. The summed E-state index contributed by atoms with van der Waals surface area (Å²) in [6.45, 7) is 6.77. The molecule has 1 spiro atoms. The number of nitrogens with zero attached hydrogens (tertiary/aromatic N) is 2. The fraction of sp³-hybridized carbons (Fsp3) is 0.650. The van der Waals surface area contributed by atoms with Gasteiger partial charge in [0, 0.05) is 24.7 Å². The van der Waals surface area contributed by atoms with Crippen molar-refractivity contribution < 1.29 is 4.79 Å². The third kappa shape index (κ3) is 5.98. The maximum Gasteiger partial charge on any atom is 0.240 e. The van der Waals surface area contributed by atoms with Crippen molar-refractivity contribution in [1.29, 1.82) is 0 Å². The van der Waals surface area contributed by atoms with Gasteiger partial charge in [-0.05, 0) is 68.9 Å². The van der Waals surface area contributed by atoms with Crippen molar-refractivity contribution in [1.82, 2.24) is 15.1 Å². The Morgan fingerprint density at radius 3 is 2.67 bits per heavy atom. The van der Waals surface area contributed by atoms with Crippen LogP contribution < -0.4 is 5.32 Å². The molecule has 0 aromatic heterocycles. The van der Waals surface area contributed by atoms with E-state index in [0.29, 0.717) is 12.0 Å². The van der Waals surface area contributed by atoms with Gasteiger partial charge in [-0.2, -0.15) is 0 Å². The molecule has 4 nitrogen and oxygen atoms in total. The van der Waals surface area contributed by atoms with Crippen LogP contribution in [-0.4, -0.2) is 55.0 Å². The molecule has 154 valence electrons. The highest BCUT2D eigenvalue weighted by atomic mass is 35.5. The first-order valence-electron chi connectivity index (χ1n) is 9.47. The Balaban J connectivity index is 0.00000182. The van der Waals surface area contributed by atoms with Crippen LogP contribution >= 0.6 is 36.4 Å². The minimum atomic E-state index is 0. The molecule has 27 heavy (non-hydrogen) atoms. The third-order valence-electron chi connectivity index (χ3n) is 5.76. The van der Waals surface area contributed by atoms with E-state index in [1.807, 2.05) is 23.1 Å². The summed E-state index contributed by atoms with van der Waals surface area (Å²) in [6, 6.07) is 7.86. The molecule has 0 saturated carbocycles. The molecule has 2 heterocycles. The third-order valence-corrected chi connectivity index (χ3v) is 6.00. The number of carbonyl (C=O) groups excluding carboxylic acids is 1. The fourth-order valence-electron chi connectivity index (χ4n) is 4.47. The summed E-state index contributed by atoms with van der Waals surface area (Å²) in [7, 11) is 2.11. The molecule has 1 unspecified atom stereocenters. The summed E-state index contributed by atoms with van der Waals surface area (Å²) < 4.78 is 0. The zero-order chi connectivity index (χ0) is 17.9. The van der Waals surface area contributed by atoms with Crippen LogP contribution in [0.25, 0.3) is 0 Å². The second-order valence-corrected chi connectivity index (χ2v) is 8.21. The average Bonchev–Trinajstić information content (AvgIpc) is 2.90. The number of nitrogens with one attached hydrogen (secondary N) is 1. The predicted molar refractivity (Wildman–Crippen MR) is 117 cm³/mol. The highest BCUT2D eigenvalue weighted by Gasteiger charge is 2.46. The molecule has 1 aromatic carbocycles. The largest absolute Gasteiger partial charge is 0.337 e. The van der Waals surface area contributed by atoms with Gasteiger partial charge in [0.25, 0.3) is 0 Å². The van der Waals surface area contributed by atoms with Crippen LogP contribution in [0.15, 0.2) is 24.3 Å². The van der Waals surface area contributed by atoms with E-state index in [1.165, 1.54) is 12.8 Å². The molecule has 7 heteroatoms. The lowest BCUT2D eigenvalue weighted by molar-refractivity contribution is -0.136. The van der Waals surface area contributed by atoms with Crippen molar-refractivity contribution in [2.24, 2.45) is 5.41 Å². The van der Waals surface area contributed by atoms with Gasteiger partial charge in [0.1, 0.15) is 0 Å². The van der Waals surface area contributed by atoms with Crippen LogP contribution in [0.2, 0.25) is 5.02 Å². The summed E-state index contributed by atoms with van der Waals surface area (Å²) in [5.74, 6) is 0.278. The highest BCUT2D eigenvalue weighted by Crippen LogP contribution is 2.41. The van der Waals surface area contributed by atoms with Gasteiger partial charge in [0.15, 0.2) is 0 Å². The molecule has 3 rings (SSSR count). The normalized spacial score (nSPS) is 21.4. The number of likely N-dealkylation sites (tertiary alicyclic amines) is 1. The first-order valence-corrected chi connectivity index (χ1v) is 9.85. The van der Waals surface area contributed by atoms with Crippen molar-refractivity contribution in [2.45, 2.75) is 45.2 Å². The number of carbonyl (C=O) groups is 1. The molecule has 1 atom stereocenters. The number of amides is 1. The van der Waals surface area contributed by atoms with Crippen molar-refractivity contribution in [3.05, 3.63) is 34.9 Å². The molecule has 1 amide bonds. The topological polar surface area (TPSA) is 35.6 Å². The van der Waals surface area contributed by atoms with Crippen molar-refractivity contribution in [3.63, 3.8) is 0 Å². The van der Waals surface area contributed by atoms with Gasteiger partial charge < -0.3 is 10.2 Å². The number of hydrogen-bond acceptors (Lipinski definition) is 3. The lowest BCUT2D eigenvalue weighted by atomic mass is 9.77. The molecule has 2 aliphatic heterocycles. The number of halogens is 3. The van der Waals surface area contributed by atoms with E-state index >= 15 is 0 Å². The van der Waals surface area contributed by atoms with Gasteiger partial charge in [0.2, 0.25) is 5.91 Å². The fourth-order valence-corrected chi connectivity index (χ4v) is 4.68. The Bertz CT molecular complexity index is 608. The lowest BCUT2D eigenvalue weighted by Crippen LogP contribution is -2.44. The first-order chi connectivity index (χ1) is 12.0. The quantitative estimate of drug-likeness (QED) is 0.758. The number of rotatable bonds is 5. The zero-order valence-corrected chi connectivity index (χ0v) is 18.6. The molecule has 2 saturated heterocycles. The van der Waals surface area contributed by atoms with Gasteiger partial charge in [-0.25, -0.2) is 0 Å². The Morgan fingerprint density at radius 1 is 1.33 bits per heavy atom. The van der Waals surface area contributed by atoms with E-state index in [9.17, 15) is 4.79 Å². The van der Waals surface area contributed by atoms with E-state index in [2.05, 4.69) is 30.3 Å². The smallest absolute Gasteiger partial charge is 0.240 e. The Labute approximate surface area is 180 Å². The van der Waals surface area contributed by atoms with Crippen LogP contribution in [0.4, 0.5) is 0 Å². The van der Waals surface area contributed by atoms with Gasteiger partial charge in [-0.15, -0.1) is 24.8 Å². The molecular formula is C20H32Cl3N3O. The minimum Gasteiger partial charge on any atom is -0.337 e. The van der Waals surface area contributed by atoms with Crippen LogP contribution in [0.1, 0.15) is 38.2 Å². The number of benzene rings is 1. The van der Waals surface area contributed by atoms with Crippen LogP contribution in [0, 0.1) is 5.41 Å². The lowest BCUT2D eigenvalue weighted by Gasteiger charge is -2.33. The Hall–Kier alpha value is -0.520. The van der Waals surface area contributed by atoms with Crippen molar-refractivity contribution >= 4 is 42.3 Å². The van der Waals surface area contributed by atoms with Crippen molar-refractivity contribution in [2.75, 3.05) is 33.2 Å². The Morgan fingerprint density at radius 2 is 2.04 bits per heavy atom. The van der Waals surface area contributed by atoms with Gasteiger partial charge >= 0.3 is 0 Å². The maximum atomic E-state index is 13.3. The standard InChI is InChI=1S/C20H30ClN3O.2ClH/c1-3-11-24(14-16-5-4-6-17(21)12-16)19(25)18-13-20(15-23(18)2)7-9-22-10-8-20;;/h4-6,12,18,22H,3,7-11,13-15H2,1-2H3;2*1H. The molecule has 0 aliphatic carbocycles. The Kier molecular flexibility index (Phi) is 9.87. The van der Waals surface area contributed by atoms with Gasteiger partial charge in [0.05, 0.1) is 6.04 Å². The van der Waals surface area contributed by atoms with E-state index in [1.54, 1.807) is 0 Å². The average molecular weight is 437 g/mol. The summed E-state index contributed by atoms with van der Waals surface area (Å²) >= 11 is 6.12. The number of piperidine rings is 1. The zero-order valence-electron chi connectivity index (χ0n) is 16.2. The second-order valence-electron chi connectivity index (χ2n) is 7.77. The van der Waals surface area contributed by atoms with E-state index in [-0.39, 0.29) is 36.8 Å². The van der Waals surface area contributed by atoms with Crippen molar-refractivity contribution in [3.8, 4) is 0 Å². The molecule has 1 N–H and O–H groups in total. The van der Waals surface area contributed by atoms with E-state index in [4.69, 9.17) is 11.6 Å². The van der Waals surface area contributed by atoms with Crippen LogP contribution in [0.3, 0.4) is 0 Å². The monoisotopic (exact) mass is 435 g/mol. The van der Waals surface area contributed by atoms with Crippen LogP contribution in [-0.2, 0) is 11.3 Å². The van der Waals surface area contributed by atoms with E-state index < -0.39 is 0 Å². The molecule has 2 fully saturated rings. The summed E-state index contributed by atoms with van der Waals surface area (Å²) in [6.07, 6.45) is 4.34. The number of likely N-dealkylation sites (N-methyl/N-ethyl adjacent to an activating group) is 1. The maximum absolute atomic E-state index is 13.3. The summed E-state index contributed by atoms with van der Waals surface area (Å²) in [5, 5.41) is 4.18. The summed E-state index contributed by atoms with van der Waals surface area (Å²) in [5.41, 5.74) is 1.43. The molecule has 2 aliphatic rings. The van der Waals surface area contributed by atoms with Gasteiger partial charge in [-0.3, -0.25) is 9.69 Å². The minimum absolute atomic E-state index is 0. The molecular weight excluding hydrogens is 405 g/mol. The number of hydrogen-bond donors (Lipinski definition) is 1. The highest BCUT2D eigenvalue weighted by molar-refractivity contribution is 6.30. The van der Waals surface area contributed by atoms with Crippen LogP contribution in [0.5, 0.6) is 0 Å². The predicted octanol–water partition coefficient (Wildman–Crippen LogP) is 4.00. The van der Waals surface area contributed by atoms with Gasteiger partial charge in [-0.1, -0.05) is 30.7 Å². The molecule has 1 aromatic rings. The van der Waals surface area contributed by atoms with E-state index in [0.717, 1.165) is 49.6 Å². The summed E-state index contributed by atoms with van der Waals surface area (Å²) in [4.78, 5) is 17.6. The first kappa shape index (κ1) is 24.5. The molecule has 0 bridgehead atoms. The second kappa shape index (κ2) is 10.9.